The number of rotatable bonds is 6. The molecule has 6 nitrogen and oxygen atoms in total. The number of phenolic OH excluding ortho intramolecular Hbond substituents is 1. The maximum absolute atomic E-state index is 14.4. The molecule has 4 rings (SSSR count). The van der Waals surface area contributed by atoms with Gasteiger partial charge in [-0.3, -0.25) is 9.79 Å². The Bertz CT molecular complexity index is 1270. The van der Waals surface area contributed by atoms with E-state index in [0.29, 0.717) is 23.0 Å². The Morgan fingerprint density at radius 3 is 2.31 bits per heavy atom. The normalized spacial score (nSPS) is 24.2. The van der Waals surface area contributed by atoms with Crippen LogP contribution in [0.15, 0.2) is 41.4 Å². The van der Waals surface area contributed by atoms with Crippen molar-refractivity contribution < 1.29 is 19.4 Å². The topological polar surface area (TPSA) is 79.2 Å². The zero-order valence-corrected chi connectivity index (χ0v) is 25.1. The van der Waals surface area contributed by atoms with E-state index >= 15 is 0 Å². The van der Waals surface area contributed by atoms with Gasteiger partial charge >= 0.3 is 5.97 Å². The first-order chi connectivity index (χ1) is 18.2. The number of halogens is 2. The molecule has 0 aromatic heterocycles. The summed E-state index contributed by atoms with van der Waals surface area (Å²) in [6, 6.07) is 9.94. The minimum atomic E-state index is -0.744. The highest BCUT2D eigenvalue weighted by Crippen LogP contribution is 2.49. The maximum atomic E-state index is 14.4. The Labute approximate surface area is 241 Å². The number of amides is 1. The van der Waals surface area contributed by atoms with Gasteiger partial charge in [-0.25, -0.2) is 4.79 Å². The van der Waals surface area contributed by atoms with Crippen LogP contribution in [0, 0.1) is 17.3 Å². The molecule has 39 heavy (non-hydrogen) atoms. The number of carbonyl (C=O) groups excluding carboxylic acids is 2. The lowest BCUT2D eigenvalue weighted by Gasteiger charge is -2.47. The smallest absolute Gasteiger partial charge is 0.337 e. The van der Waals surface area contributed by atoms with Crippen LogP contribution in [0.1, 0.15) is 94.2 Å². The molecular formula is C31H38Cl2N2O4. The molecule has 2 aromatic carbocycles. The van der Waals surface area contributed by atoms with E-state index in [9.17, 15) is 14.7 Å². The van der Waals surface area contributed by atoms with Gasteiger partial charge in [0.05, 0.1) is 28.8 Å². The van der Waals surface area contributed by atoms with Gasteiger partial charge < -0.3 is 14.7 Å². The van der Waals surface area contributed by atoms with Crippen LogP contribution in [0.3, 0.4) is 0 Å². The van der Waals surface area contributed by atoms with Gasteiger partial charge in [0.2, 0.25) is 0 Å². The Hall–Kier alpha value is -2.57. The predicted molar refractivity (Wildman–Crippen MR) is 156 cm³/mol. The molecule has 2 unspecified atom stereocenters. The Morgan fingerprint density at radius 1 is 1.13 bits per heavy atom. The number of aliphatic imine (C=N–C) groups is 1. The van der Waals surface area contributed by atoms with Crippen LogP contribution < -0.4 is 0 Å². The van der Waals surface area contributed by atoms with Crippen molar-refractivity contribution in [3.63, 3.8) is 0 Å². The second-order valence-electron chi connectivity index (χ2n) is 12.5. The fraction of sp³-hybridized carbons (Fsp3) is 0.516. The summed E-state index contributed by atoms with van der Waals surface area (Å²) in [6.45, 7) is 11.0. The van der Waals surface area contributed by atoms with E-state index in [1.165, 1.54) is 19.2 Å². The Kier molecular flexibility index (Phi) is 8.39. The molecule has 210 valence electrons. The molecule has 1 spiro atoms. The summed E-state index contributed by atoms with van der Waals surface area (Å²) in [6.07, 6.45) is 4.13. The third kappa shape index (κ3) is 6.12. The zero-order chi connectivity index (χ0) is 28.7. The van der Waals surface area contributed by atoms with Crippen molar-refractivity contribution in [1.82, 2.24) is 4.90 Å². The van der Waals surface area contributed by atoms with Crippen molar-refractivity contribution in [2.24, 2.45) is 22.2 Å². The summed E-state index contributed by atoms with van der Waals surface area (Å²) >= 11 is 12.7. The highest BCUT2D eigenvalue weighted by atomic mass is 35.5. The number of benzene rings is 2. The van der Waals surface area contributed by atoms with Crippen molar-refractivity contribution in [1.29, 1.82) is 0 Å². The van der Waals surface area contributed by atoms with Gasteiger partial charge in [0.25, 0.3) is 5.91 Å². The quantitative estimate of drug-likeness (QED) is 0.357. The zero-order valence-electron chi connectivity index (χ0n) is 23.6. The summed E-state index contributed by atoms with van der Waals surface area (Å²) < 4.78 is 4.89. The van der Waals surface area contributed by atoms with Gasteiger partial charge in [-0.2, -0.15) is 0 Å². The van der Waals surface area contributed by atoms with E-state index in [0.717, 1.165) is 37.7 Å². The number of esters is 1. The molecule has 1 aliphatic carbocycles. The summed E-state index contributed by atoms with van der Waals surface area (Å²) in [5, 5.41) is 10.8. The monoisotopic (exact) mass is 572 g/mol. The molecule has 1 saturated carbocycles. The van der Waals surface area contributed by atoms with Crippen molar-refractivity contribution in [2.75, 3.05) is 7.11 Å². The average Bonchev–Trinajstić information content (AvgIpc) is 3.10. The lowest BCUT2D eigenvalue weighted by molar-refractivity contribution is -0.134. The first-order valence-corrected chi connectivity index (χ1v) is 14.3. The fourth-order valence-corrected chi connectivity index (χ4v) is 6.73. The van der Waals surface area contributed by atoms with Crippen LogP contribution in [0.4, 0.5) is 0 Å². The summed E-state index contributed by atoms with van der Waals surface area (Å²) in [5.74, 6) is -0.0281. The number of nitrogens with zero attached hydrogens (tertiary/aromatic N) is 2. The molecule has 1 heterocycles. The van der Waals surface area contributed by atoms with E-state index in [4.69, 9.17) is 32.9 Å². The number of methoxy groups -OCH3 is 1. The Balaban J connectivity index is 1.86. The largest absolute Gasteiger partial charge is 0.506 e. The van der Waals surface area contributed by atoms with E-state index in [2.05, 4.69) is 34.6 Å². The summed E-state index contributed by atoms with van der Waals surface area (Å²) in [5.41, 5.74) is 1.33. The third-order valence-corrected chi connectivity index (χ3v) is 8.45. The Morgan fingerprint density at radius 2 is 1.74 bits per heavy atom. The summed E-state index contributed by atoms with van der Waals surface area (Å²) in [4.78, 5) is 33.7. The van der Waals surface area contributed by atoms with Crippen LogP contribution in [0.2, 0.25) is 10.0 Å². The predicted octanol–water partition coefficient (Wildman–Crippen LogP) is 7.84. The summed E-state index contributed by atoms with van der Waals surface area (Å²) in [7, 11) is 1.36. The van der Waals surface area contributed by atoms with Gasteiger partial charge in [0.15, 0.2) is 0 Å². The lowest BCUT2D eigenvalue weighted by atomic mass is 9.75. The van der Waals surface area contributed by atoms with Crippen LogP contribution >= 0.6 is 23.2 Å². The molecule has 0 radical (unpaired) electrons. The first kappa shape index (κ1) is 29.4. The second-order valence-corrected chi connectivity index (χ2v) is 13.3. The van der Waals surface area contributed by atoms with Gasteiger partial charge in [-0.15, -0.1) is 0 Å². The van der Waals surface area contributed by atoms with Crippen LogP contribution in [-0.4, -0.2) is 40.4 Å². The number of phenols is 1. The fourth-order valence-electron chi connectivity index (χ4n) is 6.25. The number of carbonyl (C=O) groups is 2. The number of hydrogen-bond donors (Lipinski definition) is 1. The molecule has 8 heteroatoms. The SMILES string of the molecule is COC(=O)c1ccc([C@@H](CCC(C)(C)C)N2C(=O)C(c3cc(O)c(Cl)cc3Cl)=NC23CC(C)CC(C)C3)cc1. The highest BCUT2D eigenvalue weighted by Gasteiger charge is 2.53. The number of hydrogen-bond acceptors (Lipinski definition) is 5. The molecule has 2 aliphatic rings. The van der Waals surface area contributed by atoms with Crippen molar-refractivity contribution in [3.8, 4) is 5.75 Å². The maximum Gasteiger partial charge on any atom is 0.337 e. The highest BCUT2D eigenvalue weighted by molar-refractivity contribution is 6.50. The molecular weight excluding hydrogens is 535 g/mol. The van der Waals surface area contributed by atoms with Gasteiger partial charge in [-0.1, -0.05) is 70.0 Å². The average molecular weight is 574 g/mol. The van der Waals surface area contributed by atoms with Crippen LogP contribution in [0.5, 0.6) is 5.75 Å². The van der Waals surface area contributed by atoms with E-state index in [-0.39, 0.29) is 38.9 Å². The molecule has 0 bridgehead atoms. The minimum Gasteiger partial charge on any atom is -0.506 e. The van der Waals surface area contributed by atoms with Gasteiger partial charge in [-0.05, 0) is 79.2 Å². The van der Waals surface area contributed by atoms with E-state index in [1.807, 2.05) is 17.0 Å². The molecule has 1 amide bonds. The second kappa shape index (κ2) is 11.1. The van der Waals surface area contributed by atoms with E-state index in [1.54, 1.807) is 12.1 Å². The first-order valence-electron chi connectivity index (χ1n) is 13.5. The number of ether oxygens (including phenoxy) is 1. The van der Waals surface area contributed by atoms with Crippen molar-refractivity contribution in [3.05, 3.63) is 63.1 Å². The third-order valence-electron chi connectivity index (χ3n) is 7.83. The van der Waals surface area contributed by atoms with Gasteiger partial charge in [0, 0.05) is 5.56 Å². The molecule has 3 atom stereocenters. The van der Waals surface area contributed by atoms with Crippen LogP contribution in [0.25, 0.3) is 0 Å². The molecule has 2 aromatic rings. The van der Waals surface area contributed by atoms with Crippen molar-refractivity contribution in [2.45, 2.75) is 78.4 Å². The molecule has 0 saturated heterocycles. The van der Waals surface area contributed by atoms with Crippen molar-refractivity contribution >= 4 is 40.8 Å². The molecule has 1 N–H and O–H groups in total. The molecule has 1 fully saturated rings. The van der Waals surface area contributed by atoms with Gasteiger partial charge in [0.1, 0.15) is 17.1 Å². The number of aromatic hydroxyl groups is 1. The lowest BCUT2D eigenvalue weighted by Crippen LogP contribution is -2.52. The van der Waals surface area contributed by atoms with Crippen LogP contribution in [-0.2, 0) is 9.53 Å². The van der Waals surface area contributed by atoms with E-state index < -0.39 is 11.6 Å². The molecule has 1 aliphatic heterocycles. The standard InChI is InChI=1S/C31H38Cl2N2O4/c1-18-13-19(2)17-31(16-18)34-27(22-14-26(36)24(33)15-23(22)32)28(37)35(31)25(11-12-30(3,4)5)20-7-9-21(10-8-20)29(38)39-6/h7-10,14-15,18-19,25,36H,11-13,16-17H2,1-6H3/t18?,19?,25-,31?/m1/s1. The minimum absolute atomic E-state index is 0.0439.